The van der Waals surface area contributed by atoms with Gasteiger partial charge in [-0.15, -0.1) is 0 Å². The molecule has 0 aliphatic rings. The third-order valence-corrected chi connectivity index (χ3v) is 2.56. The van der Waals surface area contributed by atoms with Crippen molar-refractivity contribution in [1.82, 2.24) is 0 Å². The zero-order valence-electron chi connectivity index (χ0n) is 11.5. The van der Waals surface area contributed by atoms with Gasteiger partial charge in [0.25, 0.3) is 0 Å². The molecule has 0 amide bonds. The van der Waals surface area contributed by atoms with Crippen molar-refractivity contribution in [3.05, 3.63) is 12.2 Å². The molecular weight excluding hydrogens is 244 g/mol. The van der Waals surface area contributed by atoms with Gasteiger partial charge in [0.15, 0.2) is 0 Å². The van der Waals surface area contributed by atoms with E-state index in [1.165, 1.54) is 0 Å². The van der Waals surface area contributed by atoms with Crippen LogP contribution in [0.4, 0.5) is 0 Å². The Labute approximate surface area is 115 Å². The van der Waals surface area contributed by atoms with Crippen LogP contribution in [0.1, 0.15) is 51.9 Å². The number of carbonyl (C=O) groups is 1. The van der Waals surface area contributed by atoms with E-state index in [0.717, 1.165) is 25.7 Å². The van der Waals surface area contributed by atoms with Crippen LogP contribution in [0.15, 0.2) is 12.2 Å². The van der Waals surface area contributed by atoms with E-state index in [4.69, 9.17) is 5.11 Å². The second kappa shape index (κ2) is 11.8. The minimum absolute atomic E-state index is 0.180. The van der Waals surface area contributed by atoms with E-state index in [1.807, 2.05) is 6.92 Å². The minimum atomic E-state index is -0.865. The molecule has 0 aliphatic heterocycles. The molecule has 0 bridgehead atoms. The fraction of sp³-hybridized carbons (Fsp3) is 0.667. The highest BCUT2D eigenvalue weighted by Crippen LogP contribution is 2.02. The van der Waals surface area contributed by atoms with Crippen molar-refractivity contribution in [3.8, 4) is 11.8 Å². The van der Waals surface area contributed by atoms with Crippen molar-refractivity contribution in [2.24, 2.45) is 0 Å². The number of aliphatic hydroxyl groups excluding tert-OH is 2. The first-order valence-corrected chi connectivity index (χ1v) is 6.82. The molecule has 0 spiro atoms. The number of hydrogen-bond acceptors (Lipinski definition) is 3. The topological polar surface area (TPSA) is 77.8 Å². The van der Waals surface area contributed by atoms with Gasteiger partial charge in [-0.1, -0.05) is 37.7 Å². The molecule has 0 aromatic carbocycles. The van der Waals surface area contributed by atoms with Gasteiger partial charge >= 0.3 is 5.97 Å². The molecule has 0 saturated heterocycles. The summed E-state index contributed by atoms with van der Waals surface area (Å²) in [6, 6.07) is 0. The lowest BCUT2D eigenvalue weighted by Gasteiger charge is -2.01. The molecule has 0 aliphatic carbocycles. The summed E-state index contributed by atoms with van der Waals surface area (Å²) >= 11 is 0. The van der Waals surface area contributed by atoms with E-state index in [9.17, 15) is 15.0 Å². The van der Waals surface area contributed by atoms with Crippen molar-refractivity contribution < 1.29 is 20.1 Å². The Balaban J connectivity index is 3.75. The Bertz CT molecular complexity index is 325. The SMILES string of the molecule is CCCCC(O)C#CC(O)C=CCCCCC(=O)O. The number of carboxylic acids is 1. The Hall–Kier alpha value is -1.31. The molecule has 4 nitrogen and oxygen atoms in total. The number of hydrogen-bond donors (Lipinski definition) is 3. The average Bonchev–Trinajstić information content (AvgIpc) is 2.37. The van der Waals surface area contributed by atoms with Crippen LogP contribution in [0.2, 0.25) is 0 Å². The minimum Gasteiger partial charge on any atom is -0.481 e. The highest BCUT2D eigenvalue weighted by atomic mass is 16.4. The highest BCUT2D eigenvalue weighted by Gasteiger charge is 1.98. The molecule has 3 N–H and O–H groups in total. The first kappa shape index (κ1) is 17.7. The molecule has 0 heterocycles. The number of aliphatic hydroxyl groups is 2. The fourth-order valence-electron chi connectivity index (χ4n) is 1.46. The van der Waals surface area contributed by atoms with Gasteiger partial charge in [0.2, 0.25) is 0 Å². The Morgan fingerprint density at radius 1 is 1.21 bits per heavy atom. The normalized spacial score (nSPS) is 13.8. The fourth-order valence-corrected chi connectivity index (χ4v) is 1.46. The van der Waals surface area contributed by atoms with Crippen LogP contribution < -0.4 is 0 Å². The summed E-state index contributed by atoms with van der Waals surface area (Å²) in [5.74, 6) is 4.40. The molecule has 0 radical (unpaired) electrons. The van der Waals surface area contributed by atoms with Gasteiger partial charge in [0, 0.05) is 6.42 Å². The van der Waals surface area contributed by atoms with Crippen LogP contribution in [-0.4, -0.2) is 33.5 Å². The summed E-state index contributed by atoms with van der Waals surface area (Å²) in [4.78, 5) is 10.3. The van der Waals surface area contributed by atoms with Gasteiger partial charge in [0.05, 0.1) is 0 Å². The van der Waals surface area contributed by atoms with E-state index in [2.05, 4.69) is 11.8 Å². The second-order valence-corrected chi connectivity index (χ2v) is 4.46. The van der Waals surface area contributed by atoms with E-state index in [0.29, 0.717) is 12.8 Å². The van der Waals surface area contributed by atoms with Crippen LogP contribution in [0.3, 0.4) is 0 Å². The van der Waals surface area contributed by atoms with Gasteiger partial charge in [-0.25, -0.2) is 0 Å². The maximum absolute atomic E-state index is 10.3. The monoisotopic (exact) mass is 268 g/mol. The third kappa shape index (κ3) is 12.9. The van der Waals surface area contributed by atoms with Gasteiger partial charge in [-0.05, 0) is 31.8 Å². The first-order valence-electron chi connectivity index (χ1n) is 6.82. The van der Waals surface area contributed by atoms with Crippen LogP contribution in [0, 0.1) is 11.8 Å². The molecule has 19 heavy (non-hydrogen) atoms. The summed E-state index contributed by atoms with van der Waals surface area (Å²) in [5, 5.41) is 27.4. The smallest absolute Gasteiger partial charge is 0.303 e. The van der Waals surface area contributed by atoms with Crippen LogP contribution in [-0.2, 0) is 4.79 Å². The Morgan fingerprint density at radius 3 is 2.58 bits per heavy atom. The molecule has 0 saturated carbocycles. The predicted octanol–water partition coefficient (Wildman–Crippen LogP) is 2.10. The van der Waals surface area contributed by atoms with Gasteiger partial charge in [-0.2, -0.15) is 0 Å². The van der Waals surface area contributed by atoms with Crippen molar-refractivity contribution in [1.29, 1.82) is 0 Å². The molecule has 0 aromatic rings. The molecular formula is C15H24O4. The standard InChI is InChI=1S/C15H24O4/c1-2-3-8-13(16)11-12-14(17)9-6-4-5-7-10-15(18)19/h6,9,13-14,16-17H,2-5,7-8,10H2,1H3,(H,18,19). The maximum atomic E-state index is 10.3. The molecule has 0 aromatic heterocycles. The Morgan fingerprint density at radius 2 is 1.95 bits per heavy atom. The predicted molar refractivity (Wildman–Crippen MR) is 74.6 cm³/mol. The number of rotatable bonds is 9. The molecule has 0 rings (SSSR count). The van der Waals surface area contributed by atoms with Gasteiger partial charge < -0.3 is 15.3 Å². The molecule has 0 fully saturated rings. The van der Waals surface area contributed by atoms with Crippen LogP contribution in [0.5, 0.6) is 0 Å². The largest absolute Gasteiger partial charge is 0.481 e. The zero-order valence-corrected chi connectivity index (χ0v) is 11.5. The molecule has 108 valence electrons. The average molecular weight is 268 g/mol. The van der Waals surface area contributed by atoms with Crippen LogP contribution in [0.25, 0.3) is 0 Å². The molecule has 2 atom stereocenters. The number of aliphatic carboxylic acids is 1. The van der Waals surface area contributed by atoms with Crippen molar-refractivity contribution in [2.75, 3.05) is 0 Å². The third-order valence-electron chi connectivity index (χ3n) is 2.56. The van der Waals surface area contributed by atoms with Crippen molar-refractivity contribution in [3.63, 3.8) is 0 Å². The van der Waals surface area contributed by atoms with Crippen molar-refractivity contribution >= 4 is 5.97 Å². The lowest BCUT2D eigenvalue weighted by molar-refractivity contribution is -0.137. The van der Waals surface area contributed by atoms with E-state index >= 15 is 0 Å². The van der Waals surface area contributed by atoms with Gasteiger partial charge in [-0.3, -0.25) is 4.79 Å². The highest BCUT2D eigenvalue weighted by molar-refractivity contribution is 5.66. The zero-order chi connectivity index (χ0) is 14.5. The summed E-state index contributed by atoms with van der Waals surface area (Å²) < 4.78 is 0. The summed E-state index contributed by atoms with van der Waals surface area (Å²) in [7, 11) is 0. The maximum Gasteiger partial charge on any atom is 0.303 e. The lowest BCUT2D eigenvalue weighted by atomic mass is 10.1. The first-order chi connectivity index (χ1) is 9.06. The summed E-state index contributed by atoms with van der Waals surface area (Å²) in [6.45, 7) is 2.04. The quantitative estimate of drug-likeness (QED) is 0.340. The van der Waals surface area contributed by atoms with Crippen molar-refractivity contribution in [2.45, 2.75) is 64.1 Å². The number of allylic oxidation sites excluding steroid dienone is 1. The number of carboxylic acid groups (broad SMARTS) is 1. The van der Waals surface area contributed by atoms with Gasteiger partial charge in [0.1, 0.15) is 12.2 Å². The van der Waals surface area contributed by atoms with Crippen LogP contribution >= 0.6 is 0 Å². The molecule has 2 unspecified atom stereocenters. The summed E-state index contributed by atoms with van der Waals surface area (Å²) in [5.41, 5.74) is 0. The second-order valence-electron chi connectivity index (χ2n) is 4.46. The van der Waals surface area contributed by atoms with E-state index in [-0.39, 0.29) is 6.42 Å². The lowest BCUT2D eigenvalue weighted by Crippen LogP contribution is -2.05. The molecule has 4 heteroatoms. The number of unbranched alkanes of at least 4 members (excludes halogenated alkanes) is 3. The van der Waals surface area contributed by atoms with E-state index in [1.54, 1.807) is 12.2 Å². The Kier molecular flexibility index (Phi) is 11.0. The van der Waals surface area contributed by atoms with E-state index < -0.39 is 18.2 Å². The summed E-state index contributed by atoms with van der Waals surface area (Å²) in [6.07, 6.45) is 6.72.